The van der Waals surface area contributed by atoms with Crippen LogP contribution in [0.3, 0.4) is 0 Å². The summed E-state index contributed by atoms with van der Waals surface area (Å²) < 4.78 is 6.91. The van der Waals surface area contributed by atoms with Crippen molar-refractivity contribution in [1.82, 2.24) is 0 Å². The van der Waals surface area contributed by atoms with Crippen LogP contribution in [0.2, 0.25) is 0 Å². The van der Waals surface area contributed by atoms with Crippen molar-refractivity contribution >= 4 is 41.0 Å². The summed E-state index contributed by atoms with van der Waals surface area (Å²) in [5, 5.41) is 0. The van der Waals surface area contributed by atoms with Crippen LogP contribution in [-0.2, 0) is 14.3 Å². The van der Waals surface area contributed by atoms with Gasteiger partial charge in [-0.3, -0.25) is 14.5 Å². The molecule has 0 aromatic heterocycles. The Morgan fingerprint density at radius 3 is 2.50 bits per heavy atom. The minimum atomic E-state index is -0.219. The quantitative estimate of drug-likeness (QED) is 0.479. The van der Waals surface area contributed by atoms with E-state index in [1.807, 2.05) is 30.3 Å². The second-order valence-corrected chi connectivity index (χ2v) is 12.5. The standard InChI is InChI=1S/C24H25NO3S2/c26-21-16-12-18-19(13-17(16)22(27)25(21)15-6-2-1-3-7-15)24(29-9-10-30-24)23-8-4-5-14(23)11-20(18)28-23/h1-3,6-7,14,16-17,20H,4-5,8-13H2/t14-,16-,17+,20+,23-/m0/s1. The van der Waals surface area contributed by atoms with Crippen molar-refractivity contribution in [2.45, 2.75) is 54.3 Å². The monoisotopic (exact) mass is 439 g/mol. The summed E-state index contributed by atoms with van der Waals surface area (Å²) in [4.78, 5) is 28.3. The maximum atomic E-state index is 13.5. The Kier molecular flexibility index (Phi) is 3.77. The smallest absolute Gasteiger partial charge is 0.238 e. The predicted molar refractivity (Wildman–Crippen MR) is 119 cm³/mol. The first-order valence-electron chi connectivity index (χ1n) is 11.3. The zero-order valence-corrected chi connectivity index (χ0v) is 18.5. The second-order valence-electron chi connectivity index (χ2n) is 9.61. The second kappa shape index (κ2) is 6.17. The van der Waals surface area contributed by atoms with Crippen LogP contribution in [0.15, 0.2) is 41.5 Å². The highest BCUT2D eigenvalue weighted by Crippen LogP contribution is 2.72. The molecule has 4 nitrogen and oxygen atoms in total. The Balaban J connectivity index is 1.32. The van der Waals surface area contributed by atoms with Crippen molar-refractivity contribution in [2.24, 2.45) is 17.8 Å². The zero-order valence-electron chi connectivity index (χ0n) is 16.8. The molecule has 1 aromatic rings. The lowest BCUT2D eigenvalue weighted by Crippen LogP contribution is -2.55. The van der Waals surface area contributed by atoms with Crippen molar-refractivity contribution in [3.63, 3.8) is 0 Å². The maximum absolute atomic E-state index is 13.5. The summed E-state index contributed by atoms with van der Waals surface area (Å²) in [6.45, 7) is 0. The summed E-state index contributed by atoms with van der Waals surface area (Å²) in [5.41, 5.74) is 3.55. The molecule has 1 aromatic carbocycles. The third kappa shape index (κ3) is 2.06. The minimum absolute atomic E-state index is 0.00482. The highest BCUT2D eigenvalue weighted by Gasteiger charge is 2.71. The van der Waals surface area contributed by atoms with E-state index < -0.39 is 0 Å². The first-order chi connectivity index (χ1) is 14.6. The molecule has 2 amide bonds. The van der Waals surface area contributed by atoms with E-state index in [1.165, 1.54) is 28.9 Å². The molecular formula is C24H25NO3S2. The van der Waals surface area contributed by atoms with Gasteiger partial charge in [-0.05, 0) is 61.3 Å². The number of anilines is 1. The lowest BCUT2D eigenvalue weighted by Gasteiger charge is -2.52. The number of imide groups is 1. The SMILES string of the molecule is O=C1[C@H]2CC3=C(C[C@H]2C(=O)N1c1ccccc1)C1(SCCS1)[C@]12CCC[C@H]1C[C@H]3O2. The Bertz CT molecular complexity index is 985. The molecule has 7 rings (SSSR count). The molecule has 2 spiro atoms. The molecule has 3 saturated heterocycles. The molecule has 30 heavy (non-hydrogen) atoms. The van der Waals surface area contributed by atoms with Crippen molar-refractivity contribution in [1.29, 1.82) is 0 Å². The molecule has 2 aliphatic carbocycles. The fourth-order valence-electron chi connectivity index (χ4n) is 7.34. The van der Waals surface area contributed by atoms with E-state index >= 15 is 0 Å². The molecule has 6 aliphatic rings. The fraction of sp³-hybridized carbons (Fsp3) is 0.583. The van der Waals surface area contributed by atoms with E-state index in [-0.39, 0.29) is 39.4 Å². The van der Waals surface area contributed by atoms with E-state index in [9.17, 15) is 9.59 Å². The molecule has 2 bridgehead atoms. The first kappa shape index (κ1) is 18.3. The van der Waals surface area contributed by atoms with Gasteiger partial charge < -0.3 is 4.74 Å². The number of hydrogen-bond acceptors (Lipinski definition) is 5. The van der Waals surface area contributed by atoms with Crippen LogP contribution in [0, 0.1) is 17.8 Å². The van der Waals surface area contributed by atoms with Crippen LogP contribution in [0.25, 0.3) is 0 Å². The Morgan fingerprint density at radius 1 is 1.00 bits per heavy atom. The molecule has 0 N–H and O–H groups in total. The molecule has 4 fully saturated rings. The number of benzene rings is 1. The van der Waals surface area contributed by atoms with Crippen LogP contribution in [-0.4, -0.2) is 39.1 Å². The van der Waals surface area contributed by atoms with Gasteiger partial charge >= 0.3 is 0 Å². The summed E-state index contributed by atoms with van der Waals surface area (Å²) in [5.74, 6) is 2.51. The van der Waals surface area contributed by atoms with Gasteiger partial charge in [-0.1, -0.05) is 24.6 Å². The normalized spacial score (nSPS) is 40.9. The van der Waals surface area contributed by atoms with Gasteiger partial charge in [-0.2, -0.15) is 0 Å². The molecule has 5 atom stereocenters. The highest BCUT2D eigenvalue weighted by atomic mass is 32.2. The molecule has 0 unspecified atom stereocenters. The van der Waals surface area contributed by atoms with E-state index in [0.717, 1.165) is 30.8 Å². The van der Waals surface area contributed by atoms with E-state index in [1.54, 1.807) is 0 Å². The summed E-state index contributed by atoms with van der Waals surface area (Å²) in [7, 11) is 0. The van der Waals surface area contributed by atoms with Gasteiger partial charge in [0.05, 0.1) is 29.2 Å². The van der Waals surface area contributed by atoms with Crippen LogP contribution in [0.5, 0.6) is 0 Å². The highest BCUT2D eigenvalue weighted by molar-refractivity contribution is 8.21. The van der Waals surface area contributed by atoms with Gasteiger partial charge in [0, 0.05) is 11.5 Å². The average molecular weight is 440 g/mol. The summed E-state index contributed by atoms with van der Waals surface area (Å²) in [6, 6.07) is 9.46. The molecule has 1 saturated carbocycles. The number of amides is 2. The van der Waals surface area contributed by atoms with E-state index in [2.05, 4.69) is 23.5 Å². The van der Waals surface area contributed by atoms with Gasteiger partial charge in [-0.15, -0.1) is 23.5 Å². The van der Waals surface area contributed by atoms with Crippen molar-refractivity contribution in [3.8, 4) is 0 Å². The zero-order chi connectivity index (χ0) is 20.1. The van der Waals surface area contributed by atoms with E-state index in [4.69, 9.17) is 4.74 Å². The van der Waals surface area contributed by atoms with E-state index in [0.29, 0.717) is 18.0 Å². The number of thioether (sulfide) groups is 2. The minimum Gasteiger partial charge on any atom is -0.364 e. The number of rotatable bonds is 1. The van der Waals surface area contributed by atoms with Crippen molar-refractivity contribution in [2.75, 3.05) is 16.4 Å². The number of para-hydroxylation sites is 1. The van der Waals surface area contributed by atoms with Crippen LogP contribution < -0.4 is 4.90 Å². The Morgan fingerprint density at radius 2 is 1.73 bits per heavy atom. The van der Waals surface area contributed by atoms with Gasteiger partial charge in [-0.25, -0.2) is 0 Å². The molecule has 0 radical (unpaired) electrons. The number of fused-ring (bicyclic) bond motifs is 4. The number of carbonyl (C=O) groups is 2. The van der Waals surface area contributed by atoms with Crippen LogP contribution in [0.4, 0.5) is 5.69 Å². The van der Waals surface area contributed by atoms with Crippen molar-refractivity contribution in [3.05, 3.63) is 41.5 Å². The number of carbonyl (C=O) groups excluding carboxylic acids is 2. The number of ether oxygens (including phenoxy) is 1. The molecule has 4 heterocycles. The Hall–Kier alpha value is -1.24. The number of nitrogens with zero attached hydrogens (tertiary/aromatic N) is 1. The Labute approximate surface area is 185 Å². The topological polar surface area (TPSA) is 46.6 Å². The average Bonchev–Trinajstić information content (AvgIpc) is 3.50. The van der Waals surface area contributed by atoms with Gasteiger partial charge in [0.15, 0.2) is 0 Å². The van der Waals surface area contributed by atoms with Crippen molar-refractivity contribution < 1.29 is 14.3 Å². The van der Waals surface area contributed by atoms with Crippen LogP contribution >= 0.6 is 23.5 Å². The number of hydrogen-bond donors (Lipinski definition) is 0. The molecule has 6 heteroatoms. The van der Waals surface area contributed by atoms with Gasteiger partial charge in [0.25, 0.3) is 0 Å². The molecule has 156 valence electrons. The third-order valence-corrected chi connectivity index (χ3v) is 12.3. The molecular weight excluding hydrogens is 414 g/mol. The third-order valence-electron chi connectivity index (χ3n) is 8.48. The van der Waals surface area contributed by atoms with Gasteiger partial charge in [0.2, 0.25) is 11.8 Å². The fourth-order valence-corrected chi connectivity index (χ4v) is 11.3. The lowest BCUT2D eigenvalue weighted by molar-refractivity contribution is -0.122. The summed E-state index contributed by atoms with van der Waals surface area (Å²) in [6.07, 6.45) is 6.44. The lowest BCUT2D eigenvalue weighted by atomic mass is 9.72. The maximum Gasteiger partial charge on any atom is 0.238 e. The van der Waals surface area contributed by atoms with Crippen LogP contribution in [0.1, 0.15) is 38.5 Å². The first-order valence-corrected chi connectivity index (χ1v) is 13.2. The van der Waals surface area contributed by atoms with Gasteiger partial charge in [0.1, 0.15) is 4.08 Å². The predicted octanol–water partition coefficient (Wildman–Crippen LogP) is 4.40. The molecule has 4 aliphatic heterocycles. The largest absolute Gasteiger partial charge is 0.364 e. The summed E-state index contributed by atoms with van der Waals surface area (Å²) >= 11 is 4.16.